The van der Waals surface area contributed by atoms with E-state index in [4.69, 9.17) is 14.6 Å². The molecule has 0 aromatic rings. The van der Waals surface area contributed by atoms with Crippen molar-refractivity contribution in [2.75, 3.05) is 7.11 Å². The van der Waals surface area contributed by atoms with Gasteiger partial charge in [-0.15, -0.1) is 0 Å². The van der Waals surface area contributed by atoms with Crippen molar-refractivity contribution in [2.45, 2.75) is 35.7 Å². The summed E-state index contributed by atoms with van der Waals surface area (Å²) >= 11 is 2.80. The number of methoxy groups -OCH3 is 1. The fourth-order valence-corrected chi connectivity index (χ4v) is 1.73. The summed E-state index contributed by atoms with van der Waals surface area (Å²) in [4.78, 5) is 0. The van der Waals surface area contributed by atoms with E-state index < -0.39 is 35.7 Å². The van der Waals surface area contributed by atoms with Crippen molar-refractivity contribution >= 4 is 15.9 Å². The second-order valence-corrected chi connectivity index (χ2v) is 3.99. The molecule has 0 spiro atoms. The summed E-state index contributed by atoms with van der Waals surface area (Å²) in [6.45, 7) is 0. The highest BCUT2D eigenvalue weighted by Crippen LogP contribution is 2.25. The molecule has 84 valence electrons. The molecule has 0 amide bonds. The van der Waals surface area contributed by atoms with Crippen molar-refractivity contribution in [1.82, 2.24) is 0 Å². The second kappa shape index (κ2) is 4.84. The van der Waals surface area contributed by atoms with Gasteiger partial charge in [-0.1, -0.05) is 15.9 Å². The summed E-state index contributed by atoms with van der Waals surface area (Å²) in [6.07, 6.45) is -6.22. The first kappa shape index (κ1) is 12.3. The third-order valence-corrected chi connectivity index (χ3v) is 2.63. The third-order valence-electron chi connectivity index (χ3n) is 2.11. The van der Waals surface area contributed by atoms with Crippen molar-refractivity contribution in [3.63, 3.8) is 0 Å². The number of hydrogen-bond donors (Lipinski definition) is 4. The molecule has 0 bridgehead atoms. The van der Waals surface area contributed by atoms with Crippen LogP contribution in [0.1, 0.15) is 0 Å². The Balaban J connectivity index is 2.73. The summed E-state index contributed by atoms with van der Waals surface area (Å²) in [5.74, 6) is 0. The molecule has 1 rings (SSSR count). The van der Waals surface area contributed by atoms with Crippen LogP contribution in [0.15, 0.2) is 0 Å². The lowest BCUT2D eigenvalue weighted by atomic mass is 9.99. The first-order chi connectivity index (χ1) is 6.49. The van der Waals surface area contributed by atoms with Crippen molar-refractivity contribution < 1.29 is 29.9 Å². The Morgan fingerprint density at radius 3 is 2.21 bits per heavy atom. The highest BCUT2D eigenvalue weighted by molar-refractivity contribution is 9.09. The quantitative estimate of drug-likeness (QED) is 0.441. The highest BCUT2D eigenvalue weighted by atomic mass is 79.9. The van der Waals surface area contributed by atoms with Crippen molar-refractivity contribution in [3.8, 4) is 0 Å². The van der Waals surface area contributed by atoms with Crippen molar-refractivity contribution in [3.05, 3.63) is 0 Å². The standard InChI is InChI=1S/C7H13BrO6/c1-13-7-4(11)2(9)3(10)5(14-7)6(8)12/h2-7,9-12H,1H3/t2-,3-,4+,5-,6?,7?/m0/s1. The largest absolute Gasteiger partial charge is 0.387 e. The molecule has 0 aromatic carbocycles. The van der Waals surface area contributed by atoms with Crippen molar-refractivity contribution in [1.29, 1.82) is 0 Å². The minimum absolute atomic E-state index is 1.04. The Bertz CT molecular complexity index is 187. The summed E-state index contributed by atoms with van der Waals surface area (Å²) in [5.41, 5.74) is 0. The molecule has 14 heavy (non-hydrogen) atoms. The smallest absolute Gasteiger partial charge is 0.186 e. The SMILES string of the molecule is COC1O[C@H](C(O)Br)[C@@H](O)[C@H](O)[C@H]1O. The fraction of sp³-hybridized carbons (Fsp3) is 1.00. The van der Waals surface area contributed by atoms with Crippen LogP contribution < -0.4 is 0 Å². The number of aliphatic hydroxyl groups is 4. The van der Waals surface area contributed by atoms with Gasteiger partial charge in [-0.3, -0.25) is 0 Å². The van der Waals surface area contributed by atoms with Gasteiger partial charge in [0, 0.05) is 7.11 Å². The molecule has 0 aromatic heterocycles. The fourth-order valence-electron chi connectivity index (χ4n) is 1.30. The van der Waals surface area contributed by atoms with Gasteiger partial charge in [-0.05, 0) is 0 Å². The lowest BCUT2D eigenvalue weighted by molar-refractivity contribution is -0.296. The van der Waals surface area contributed by atoms with E-state index >= 15 is 0 Å². The van der Waals surface area contributed by atoms with Crippen LogP contribution in [0.25, 0.3) is 0 Å². The van der Waals surface area contributed by atoms with Crippen LogP contribution in [0.5, 0.6) is 0 Å². The van der Waals surface area contributed by atoms with Gasteiger partial charge in [0.25, 0.3) is 0 Å². The maximum atomic E-state index is 9.41. The van der Waals surface area contributed by atoms with E-state index in [1.807, 2.05) is 0 Å². The van der Waals surface area contributed by atoms with Gasteiger partial charge in [-0.2, -0.15) is 0 Å². The Kier molecular flexibility index (Phi) is 4.26. The normalized spacial score (nSPS) is 46.3. The number of hydrogen-bond acceptors (Lipinski definition) is 6. The molecule has 1 aliphatic heterocycles. The van der Waals surface area contributed by atoms with Crippen LogP contribution in [0.2, 0.25) is 0 Å². The average Bonchev–Trinajstić information content (AvgIpc) is 2.14. The Hall–Kier alpha value is 0.240. The Morgan fingerprint density at radius 1 is 1.21 bits per heavy atom. The van der Waals surface area contributed by atoms with Gasteiger partial charge in [0.15, 0.2) is 6.29 Å². The zero-order valence-electron chi connectivity index (χ0n) is 7.45. The first-order valence-corrected chi connectivity index (χ1v) is 4.95. The number of alkyl halides is 1. The van der Waals surface area contributed by atoms with Crippen LogP contribution >= 0.6 is 15.9 Å². The maximum Gasteiger partial charge on any atom is 0.186 e. The van der Waals surface area contributed by atoms with Crippen LogP contribution in [-0.2, 0) is 9.47 Å². The molecule has 0 aliphatic carbocycles. The Labute approximate surface area is 89.2 Å². The average molecular weight is 273 g/mol. The highest BCUT2D eigenvalue weighted by Gasteiger charge is 2.45. The van der Waals surface area contributed by atoms with E-state index in [2.05, 4.69) is 15.9 Å². The molecule has 1 aliphatic rings. The van der Waals surface area contributed by atoms with E-state index in [1.54, 1.807) is 0 Å². The van der Waals surface area contributed by atoms with Crippen LogP contribution in [0.3, 0.4) is 0 Å². The molecule has 2 unspecified atom stereocenters. The number of halogens is 1. The van der Waals surface area contributed by atoms with E-state index in [9.17, 15) is 15.3 Å². The first-order valence-electron chi connectivity index (χ1n) is 4.03. The number of ether oxygens (including phenoxy) is 2. The molecule has 1 heterocycles. The summed E-state index contributed by atoms with van der Waals surface area (Å²) in [7, 11) is 1.29. The summed E-state index contributed by atoms with van der Waals surface area (Å²) in [6, 6.07) is 0. The molecule has 0 radical (unpaired) electrons. The lowest BCUT2D eigenvalue weighted by Gasteiger charge is -2.40. The van der Waals surface area contributed by atoms with Crippen LogP contribution in [-0.4, -0.2) is 63.3 Å². The molecular weight excluding hydrogens is 260 g/mol. The van der Waals surface area contributed by atoms with Gasteiger partial charge in [0.05, 0.1) is 0 Å². The van der Waals surface area contributed by atoms with Crippen molar-refractivity contribution in [2.24, 2.45) is 0 Å². The van der Waals surface area contributed by atoms with E-state index in [-0.39, 0.29) is 0 Å². The zero-order chi connectivity index (χ0) is 10.9. The minimum Gasteiger partial charge on any atom is -0.387 e. The monoisotopic (exact) mass is 272 g/mol. The molecule has 7 heteroatoms. The van der Waals surface area contributed by atoms with Gasteiger partial charge >= 0.3 is 0 Å². The molecular formula is C7H13BrO6. The summed E-state index contributed by atoms with van der Waals surface area (Å²) < 4.78 is 9.74. The van der Waals surface area contributed by atoms with Gasteiger partial charge in [0.1, 0.15) is 29.4 Å². The summed E-state index contributed by atoms with van der Waals surface area (Å²) in [5, 5.41) is 36.1. The van der Waals surface area contributed by atoms with E-state index in [1.165, 1.54) is 7.11 Å². The van der Waals surface area contributed by atoms with Gasteiger partial charge in [-0.25, -0.2) is 0 Å². The molecule has 4 N–H and O–H groups in total. The zero-order valence-corrected chi connectivity index (χ0v) is 9.03. The third kappa shape index (κ3) is 2.25. The van der Waals surface area contributed by atoms with E-state index in [0.29, 0.717) is 0 Å². The number of rotatable bonds is 2. The van der Waals surface area contributed by atoms with Crippen LogP contribution in [0.4, 0.5) is 0 Å². The molecule has 0 saturated carbocycles. The topological polar surface area (TPSA) is 99.4 Å². The molecule has 6 nitrogen and oxygen atoms in total. The minimum atomic E-state index is -1.41. The predicted octanol–water partition coefficient (Wildman–Crippen LogP) is -1.85. The van der Waals surface area contributed by atoms with Crippen LogP contribution in [0, 0.1) is 0 Å². The molecule has 1 fully saturated rings. The van der Waals surface area contributed by atoms with E-state index in [0.717, 1.165) is 0 Å². The lowest BCUT2D eigenvalue weighted by Crippen LogP contribution is -2.60. The Morgan fingerprint density at radius 2 is 1.79 bits per heavy atom. The second-order valence-electron chi connectivity index (χ2n) is 3.05. The van der Waals surface area contributed by atoms with Gasteiger partial charge in [0.2, 0.25) is 0 Å². The van der Waals surface area contributed by atoms with Gasteiger partial charge < -0.3 is 29.9 Å². The molecule has 1 saturated heterocycles. The predicted molar refractivity (Wildman–Crippen MR) is 48.6 cm³/mol. The number of aliphatic hydroxyl groups excluding tert-OH is 4. The molecule has 6 atom stereocenters. The maximum absolute atomic E-state index is 9.41.